The van der Waals surface area contributed by atoms with Gasteiger partial charge in [-0.15, -0.1) is 0 Å². The molecule has 0 aliphatic heterocycles. The van der Waals surface area contributed by atoms with Crippen LogP contribution in [0.5, 0.6) is 0 Å². The molecule has 8 heteroatoms. The number of carbonyl (C=O) groups excluding carboxylic acids is 1. The van der Waals surface area contributed by atoms with Gasteiger partial charge in [-0.2, -0.15) is 4.39 Å². The molecule has 2 rings (SSSR count). The molecule has 6 nitrogen and oxygen atoms in total. The van der Waals surface area contributed by atoms with Crippen LogP contribution in [0.3, 0.4) is 0 Å². The Balaban J connectivity index is 2.21. The van der Waals surface area contributed by atoms with Gasteiger partial charge in [-0.1, -0.05) is 0 Å². The highest BCUT2D eigenvalue weighted by Crippen LogP contribution is 2.23. The molecule has 0 bridgehead atoms. The standard InChI is InChI=1S/C11H6BrFN2O4/c12-10-7(3-4-19-10)11(16)14-6-1-2-9(15(17)18)8(13)5-6/h1-5H,(H,14,16). The quantitative estimate of drug-likeness (QED) is 0.691. The van der Waals surface area contributed by atoms with Crippen LogP contribution < -0.4 is 5.32 Å². The van der Waals surface area contributed by atoms with Crippen LogP contribution >= 0.6 is 15.9 Å². The molecule has 98 valence electrons. The topological polar surface area (TPSA) is 85.4 Å². The summed E-state index contributed by atoms with van der Waals surface area (Å²) in [5.74, 6) is -1.54. The third-order valence-electron chi connectivity index (χ3n) is 2.26. The van der Waals surface area contributed by atoms with E-state index in [9.17, 15) is 19.3 Å². The van der Waals surface area contributed by atoms with E-state index in [2.05, 4.69) is 21.2 Å². The summed E-state index contributed by atoms with van der Waals surface area (Å²) >= 11 is 3.03. The van der Waals surface area contributed by atoms with Crippen molar-refractivity contribution in [2.24, 2.45) is 0 Å². The van der Waals surface area contributed by atoms with Crippen LogP contribution in [0, 0.1) is 15.9 Å². The Morgan fingerprint density at radius 2 is 2.16 bits per heavy atom. The summed E-state index contributed by atoms with van der Waals surface area (Å²) in [6.07, 6.45) is 1.31. The molecule has 0 aliphatic carbocycles. The third kappa shape index (κ3) is 2.79. The minimum atomic E-state index is -1.02. The lowest BCUT2D eigenvalue weighted by Crippen LogP contribution is -2.11. The highest BCUT2D eigenvalue weighted by molar-refractivity contribution is 9.10. The number of nitro benzene ring substituents is 1. The Labute approximate surface area is 114 Å². The van der Waals surface area contributed by atoms with E-state index in [-0.39, 0.29) is 15.9 Å². The average Bonchev–Trinajstić information content (AvgIpc) is 2.75. The van der Waals surface area contributed by atoms with Crippen LogP contribution in [-0.4, -0.2) is 10.8 Å². The van der Waals surface area contributed by atoms with E-state index in [1.54, 1.807) is 0 Å². The van der Waals surface area contributed by atoms with Gasteiger partial charge in [-0.25, -0.2) is 0 Å². The van der Waals surface area contributed by atoms with Crippen molar-refractivity contribution in [3.63, 3.8) is 0 Å². The summed E-state index contributed by atoms with van der Waals surface area (Å²) in [7, 11) is 0. The molecule has 1 aromatic heterocycles. The third-order valence-corrected chi connectivity index (χ3v) is 2.88. The summed E-state index contributed by atoms with van der Waals surface area (Å²) in [6, 6.07) is 4.54. The lowest BCUT2D eigenvalue weighted by molar-refractivity contribution is -0.387. The van der Waals surface area contributed by atoms with Crippen molar-refractivity contribution in [1.29, 1.82) is 0 Å². The first-order valence-electron chi connectivity index (χ1n) is 4.97. The van der Waals surface area contributed by atoms with Gasteiger partial charge in [-0.3, -0.25) is 14.9 Å². The van der Waals surface area contributed by atoms with Gasteiger partial charge in [0.1, 0.15) is 0 Å². The Morgan fingerprint density at radius 3 is 2.68 bits per heavy atom. The van der Waals surface area contributed by atoms with Crippen LogP contribution in [0.1, 0.15) is 10.4 Å². The van der Waals surface area contributed by atoms with E-state index in [0.717, 1.165) is 12.1 Å². The molecule has 0 saturated carbocycles. The molecule has 1 amide bonds. The number of nitro groups is 1. The zero-order valence-electron chi connectivity index (χ0n) is 9.22. The number of nitrogens with zero attached hydrogens (tertiary/aromatic N) is 1. The van der Waals surface area contributed by atoms with Crippen molar-refractivity contribution in [3.8, 4) is 0 Å². The number of rotatable bonds is 3. The molecule has 0 saturated heterocycles. The minimum Gasteiger partial charge on any atom is -0.457 e. The maximum atomic E-state index is 13.4. The molecule has 0 aliphatic rings. The van der Waals surface area contributed by atoms with Gasteiger partial charge in [0.25, 0.3) is 5.91 Å². The summed E-state index contributed by atoms with van der Waals surface area (Å²) in [5.41, 5.74) is -0.303. The smallest absolute Gasteiger partial charge is 0.304 e. The van der Waals surface area contributed by atoms with Gasteiger partial charge in [0.2, 0.25) is 5.82 Å². The second-order valence-corrected chi connectivity index (χ2v) is 4.21. The van der Waals surface area contributed by atoms with Gasteiger partial charge in [0.15, 0.2) is 4.67 Å². The molecule has 0 unspecified atom stereocenters. The van der Waals surface area contributed by atoms with E-state index in [0.29, 0.717) is 0 Å². The van der Waals surface area contributed by atoms with E-state index in [4.69, 9.17) is 4.42 Å². The Morgan fingerprint density at radius 1 is 1.42 bits per heavy atom. The van der Waals surface area contributed by atoms with E-state index in [1.165, 1.54) is 18.4 Å². The zero-order chi connectivity index (χ0) is 14.0. The number of hydrogen-bond acceptors (Lipinski definition) is 4. The Kier molecular flexibility index (Phi) is 3.61. The van der Waals surface area contributed by atoms with Crippen LogP contribution in [0.4, 0.5) is 15.8 Å². The predicted octanol–water partition coefficient (Wildman–Crippen LogP) is 3.34. The highest BCUT2D eigenvalue weighted by Gasteiger charge is 2.16. The molecule has 0 fully saturated rings. The first kappa shape index (κ1) is 13.2. The lowest BCUT2D eigenvalue weighted by atomic mass is 10.2. The molecular formula is C11H6BrFN2O4. The second-order valence-electron chi connectivity index (χ2n) is 3.49. The van der Waals surface area contributed by atoms with Crippen molar-refractivity contribution >= 4 is 33.2 Å². The average molecular weight is 329 g/mol. The Hall–Kier alpha value is -2.22. The van der Waals surface area contributed by atoms with Crippen LogP contribution in [0.25, 0.3) is 0 Å². The fraction of sp³-hybridized carbons (Fsp3) is 0. The maximum absolute atomic E-state index is 13.4. The molecular weight excluding hydrogens is 323 g/mol. The fourth-order valence-electron chi connectivity index (χ4n) is 1.39. The van der Waals surface area contributed by atoms with E-state index >= 15 is 0 Å². The summed E-state index contributed by atoms with van der Waals surface area (Å²) in [5, 5.41) is 12.8. The maximum Gasteiger partial charge on any atom is 0.304 e. The molecule has 1 aromatic carbocycles. The van der Waals surface area contributed by atoms with Gasteiger partial charge >= 0.3 is 5.69 Å². The highest BCUT2D eigenvalue weighted by atomic mass is 79.9. The number of furan rings is 1. The molecule has 19 heavy (non-hydrogen) atoms. The first-order chi connectivity index (χ1) is 8.99. The summed E-state index contributed by atoms with van der Waals surface area (Å²) < 4.78 is 18.5. The number of amides is 1. The molecule has 0 spiro atoms. The second kappa shape index (κ2) is 5.19. The van der Waals surface area contributed by atoms with Crippen molar-refractivity contribution in [2.45, 2.75) is 0 Å². The van der Waals surface area contributed by atoms with Crippen LogP contribution in [0.2, 0.25) is 0 Å². The van der Waals surface area contributed by atoms with Crippen LogP contribution in [0.15, 0.2) is 39.6 Å². The van der Waals surface area contributed by atoms with E-state index < -0.39 is 22.3 Å². The predicted molar refractivity (Wildman–Crippen MR) is 67.4 cm³/mol. The van der Waals surface area contributed by atoms with Gasteiger partial charge in [0, 0.05) is 17.8 Å². The van der Waals surface area contributed by atoms with E-state index in [1.807, 2.05) is 0 Å². The van der Waals surface area contributed by atoms with Crippen LogP contribution in [-0.2, 0) is 0 Å². The molecule has 1 heterocycles. The molecule has 0 radical (unpaired) electrons. The largest absolute Gasteiger partial charge is 0.457 e. The summed E-state index contributed by atoms with van der Waals surface area (Å²) in [4.78, 5) is 21.4. The van der Waals surface area contributed by atoms with Gasteiger partial charge in [0.05, 0.1) is 16.7 Å². The zero-order valence-corrected chi connectivity index (χ0v) is 10.8. The van der Waals surface area contributed by atoms with Crippen molar-refractivity contribution in [2.75, 3.05) is 5.32 Å². The number of anilines is 1. The number of halogens is 2. The SMILES string of the molecule is O=C(Nc1ccc([N+](=O)[O-])c(F)c1)c1ccoc1Br. The minimum absolute atomic E-state index is 0.112. The van der Waals surface area contributed by atoms with Crippen molar-refractivity contribution in [3.05, 3.63) is 56.7 Å². The molecule has 2 aromatic rings. The number of benzene rings is 1. The number of carbonyl (C=O) groups is 1. The summed E-state index contributed by atoms with van der Waals surface area (Å²) in [6.45, 7) is 0. The number of hydrogen-bond donors (Lipinski definition) is 1. The molecule has 1 N–H and O–H groups in total. The van der Waals surface area contributed by atoms with Crippen molar-refractivity contribution < 1.29 is 18.5 Å². The van der Waals surface area contributed by atoms with Gasteiger partial charge in [-0.05, 0) is 28.1 Å². The van der Waals surface area contributed by atoms with Crippen molar-refractivity contribution in [1.82, 2.24) is 0 Å². The normalized spacial score (nSPS) is 10.2. The first-order valence-corrected chi connectivity index (χ1v) is 5.76. The fourth-order valence-corrected chi connectivity index (χ4v) is 1.81. The number of nitrogens with one attached hydrogen (secondary N) is 1. The van der Waals surface area contributed by atoms with Gasteiger partial charge < -0.3 is 9.73 Å². The monoisotopic (exact) mass is 328 g/mol. The Bertz CT molecular complexity index is 656. The molecule has 0 atom stereocenters. The lowest BCUT2D eigenvalue weighted by Gasteiger charge is -2.04.